The maximum atomic E-state index is 11.0. The van der Waals surface area contributed by atoms with Crippen molar-refractivity contribution in [3.05, 3.63) is 0 Å². The first kappa shape index (κ1) is 11.0. The summed E-state index contributed by atoms with van der Waals surface area (Å²) >= 11 is 5.52. The monoisotopic (exact) mass is 202 g/mol. The first-order chi connectivity index (χ1) is 6.24. The Labute approximate surface area is 85.8 Å². The molecule has 0 bridgehead atoms. The third kappa shape index (κ3) is 3.68. The standard InChI is InChI=1S/C11H19ClO/c1-2-10(11(12)13)8-9-6-4-3-5-7-9/h9-10H,2-8H2,1H3. The van der Waals surface area contributed by atoms with Crippen molar-refractivity contribution in [2.45, 2.75) is 51.9 Å². The van der Waals surface area contributed by atoms with Crippen LogP contribution in [-0.2, 0) is 4.79 Å². The van der Waals surface area contributed by atoms with Crippen molar-refractivity contribution in [1.82, 2.24) is 0 Å². The van der Waals surface area contributed by atoms with E-state index in [-0.39, 0.29) is 11.2 Å². The van der Waals surface area contributed by atoms with E-state index in [9.17, 15) is 4.79 Å². The van der Waals surface area contributed by atoms with Crippen LogP contribution in [0.1, 0.15) is 51.9 Å². The molecule has 1 nitrogen and oxygen atoms in total. The molecule has 1 fully saturated rings. The second-order valence-electron chi connectivity index (χ2n) is 4.15. The van der Waals surface area contributed by atoms with Crippen LogP contribution in [0, 0.1) is 11.8 Å². The normalized spacial score (nSPS) is 21.4. The molecule has 0 aliphatic heterocycles. The van der Waals surface area contributed by atoms with Crippen LogP contribution in [0.3, 0.4) is 0 Å². The average molecular weight is 203 g/mol. The summed E-state index contributed by atoms with van der Waals surface area (Å²) in [6, 6.07) is 0. The second-order valence-corrected chi connectivity index (χ2v) is 4.52. The molecule has 0 aromatic carbocycles. The van der Waals surface area contributed by atoms with E-state index in [1.165, 1.54) is 32.1 Å². The summed E-state index contributed by atoms with van der Waals surface area (Å²) in [5, 5.41) is -0.131. The number of hydrogen-bond donors (Lipinski definition) is 0. The number of rotatable bonds is 4. The molecule has 0 heterocycles. The van der Waals surface area contributed by atoms with Gasteiger partial charge in [0.05, 0.1) is 0 Å². The molecule has 0 aromatic rings. The molecular formula is C11H19ClO. The van der Waals surface area contributed by atoms with Crippen molar-refractivity contribution >= 4 is 16.8 Å². The van der Waals surface area contributed by atoms with Crippen LogP contribution in [0.2, 0.25) is 0 Å². The fraction of sp³-hybridized carbons (Fsp3) is 0.909. The van der Waals surface area contributed by atoms with E-state index in [0.717, 1.165) is 18.8 Å². The highest BCUT2D eigenvalue weighted by molar-refractivity contribution is 6.63. The fourth-order valence-corrected chi connectivity index (χ4v) is 2.49. The van der Waals surface area contributed by atoms with Crippen LogP contribution < -0.4 is 0 Å². The Hall–Kier alpha value is -0.0400. The third-order valence-electron chi connectivity index (χ3n) is 3.16. The summed E-state index contributed by atoms with van der Waals surface area (Å²) in [6.07, 6.45) is 8.61. The van der Waals surface area contributed by atoms with Crippen molar-refractivity contribution in [1.29, 1.82) is 0 Å². The summed E-state index contributed by atoms with van der Waals surface area (Å²) in [6.45, 7) is 2.05. The number of hydrogen-bond acceptors (Lipinski definition) is 1. The highest BCUT2D eigenvalue weighted by atomic mass is 35.5. The van der Waals surface area contributed by atoms with Gasteiger partial charge in [-0.2, -0.15) is 0 Å². The lowest BCUT2D eigenvalue weighted by molar-refractivity contribution is -0.115. The zero-order chi connectivity index (χ0) is 9.68. The Balaban J connectivity index is 2.31. The third-order valence-corrected chi connectivity index (χ3v) is 3.46. The van der Waals surface area contributed by atoms with Gasteiger partial charge in [0, 0.05) is 5.92 Å². The summed E-state index contributed by atoms with van der Waals surface area (Å²) in [5.74, 6) is 0.881. The van der Waals surface area contributed by atoms with Crippen LogP contribution in [0.25, 0.3) is 0 Å². The Morgan fingerprint density at radius 1 is 1.38 bits per heavy atom. The minimum absolute atomic E-state index is 0.116. The van der Waals surface area contributed by atoms with Gasteiger partial charge in [-0.15, -0.1) is 0 Å². The van der Waals surface area contributed by atoms with Gasteiger partial charge in [-0.25, -0.2) is 0 Å². The lowest BCUT2D eigenvalue weighted by Crippen LogP contribution is -2.15. The molecule has 0 aromatic heterocycles. The summed E-state index contributed by atoms with van der Waals surface area (Å²) in [7, 11) is 0. The van der Waals surface area contributed by atoms with Crippen molar-refractivity contribution in [2.24, 2.45) is 11.8 Å². The summed E-state index contributed by atoms with van der Waals surface area (Å²) in [5.41, 5.74) is 0. The van der Waals surface area contributed by atoms with Gasteiger partial charge >= 0.3 is 0 Å². The van der Waals surface area contributed by atoms with Gasteiger partial charge in [-0.3, -0.25) is 4.79 Å². The maximum absolute atomic E-state index is 11.0. The second kappa shape index (κ2) is 5.64. The zero-order valence-electron chi connectivity index (χ0n) is 8.39. The van der Waals surface area contributed by atoms with Gasteiger partial charge in [0.1, 0.15) is 0 Å². The maximum Gasteiger partial charge on any atom is 0.224 e. The minimum Gasteiger partial charge on any atom is -0.281 e. The first-order valence-corrected chi connectivity index (χ1v) is 5.81. The Morgan fingerprint density at radius 2 is 2.00 bits per heavy atom. The molecule has 1 aliphatic rings. The molecule has 1 saturated carbocycles. The van der Waals surface area contributed by atoms with E-state index in [2.05, 4.69) is 0 Å². The molecule has 0 saturated heterocycles. The predicted octanol–water partition coefficient (Wildman–Crippen LogP) is 3.75. The molecule has 0 radical (unpaired) electrons. The summed E-state index contributed by atoms with van der Waals surface area (Å²) in [4.78, 5) is 11.0. The molecule has 1 rings (SSSR count). The summed E-state index contributed by atoms with van der Waals surface area (Å²) < 4.78 is 0. The van der Waals surface area contributed by atoms with Crippen molar-refractivity contribution in [3.8, 4) is 0 Å². The molecule has 2 heteroatoms. The average Bonchev–Trinajstić information content (AvgIpc) is 2.15. The van der Waals surface area contributed by atoms with Crippen LogP contribution >= 0.6 is 11.6 Å². The van der Waals surface area contributed by atoms with Gasteiger partial charge in [0.25, 0.3) is 0 Å². The number of halogens is 1. The highest BCUT2D eigenvalue weighted by Crippen LogP contribution is 2.30. The molecule has 13 heavy (non-hydrogen) atoms. The minimum atomic E-state index is -0.131. The smallest absolute Gasteiger partial charge is 0.224 e. The molecule has 0 amide bonds. The Morgan fingerprint density at radius 3 is 2.46 bits per heavy atom. The van der Waals surface area contributed by atoms with Crippen LogP contribution in [-0.4, -0.2) is 5.24 Å². The lowest BCUT2D eigenvalue weighted by atomic mass is 9.82. The number of carbonyl (C=O) groups excluding carboxylic acids is 1. The van der Waals surface area contributed by atoms with Crippen LogP contribution in [0.4, 0.5) is 0 Å². The number of carbonyl (C=O) groups is 1. The lowest BCUT2D eigenvalue weighted by Gasteiger charge is -2.24. The van der Waals surface area contributed by atoms with Gasteiger partial charge in [0.2, 0.25) is 5.24 Å². The SMILES string of the molecule is CCC(CC1CCCCC1)C(=O)Cl. The first-order valence-electron chi connectivity index (χ1n) is 5.43. The fourth-order valence-electron chi connectivity index (χ4n) is 2.25. The van der Waals surface area contributed by atoms with E-state index in [1.807, 2.05) is 6.92 Å². The van der Waals surface area contributed by atoms with E-state index in [1.54, 1.807) is 0 Å². The van der Waals surface area contributed by atoms with E-state index in [4.69, 9.17) is 11.6 Å². The van der Waals surface area contributed by atoms with Crippen molar-refractivity contribution < 1.29 is 4.79 Å². The molecule has 0 spiro atoms. The van der Waals surface area contributed by atoms with Crippen LogP contribution in [0.15, 0.2) is 0 Å². The zero-order valence-corrected chi connectivity index (χ0v) is 9.15. The largest absolute Gasteiger partial charge is 0.281 e. The van der Waals surface area contributed by atoms with Gasteiger partial charge in [-0.1, -0.05) is 39.0 Å². The molecule has 1 atom stereocenters. The molecule has 1 unspecified atom stereocenters. The van der Waals surface area contributed by atoms with E-state index < -0.39 is 0 Å². The topological polar surface area (TPSA) is 17.1 Å². The van der Waals surface area contributed by atoms with Crippen molar-refractivity contribution in [2.75, 3.05) is 0 Å². The Bertz CT molecular complexity index is 161. The predicted molar refractivity (Wildman–Crippen MR) is 55.8 cm³/mol. The molecule has 76 valence electrons. The highest BCUT2D eigenvalue weighted by Gasteiger charge is 2.21. The van der Waals surface area contributed by atoms with Crippen molar-refractivity contribution in [3.63, 3.8) is 0 Å². The Kier molecular flexibility index (Phi) is 4.79. The molecule has 1 aliphatic carbocycles. The van der Waals surface area contributed by atoms with E-state index in [0.29, 0.717) is 0 Å². The molecular weight excluding hydrogens is 184 g/mol. The van der Waals surface area contributed by atoms with Gasteiger partial charge in [0.15, 0.2) is 0 Å². The van der Waals surface area contributed by atoms with Gasteiger partial charge < -0.3 is 0 Å². The molecule has 0 N–H and O–H groups in total. The van der Waals surface area contributed by atoms with E-state index >= 15 is 0 Å². The van der Waals surface area contributed by atoms with Crippen LogP contribution in [0.5, 0.6) is 0 Å². The van der Waals surface area contributed by atoms with Gasteiger partial charge in [-0.05, 0) is 30.4 Å². The quantitative estimate of drug-likeness (QED) is 0.635.